The van der Waals surface area contributed by atoms with Gasteiger partial charge in [0.2, 0.25) is 0 Å². The highest BCUT2D eigenvalue weighted by Crippen LogP contribution is 2.15. The third-order valence-electron chi connectivity index (χ3n) is 11.9. The lowest BCUT2D eigenvalue weighted by molar-refractivity contribution is -0.167. The highest BCUT2D eigenvalue weighted by Gasteiger charge is 2.19. The Labute approximate surface area is 385 Å². The minimum Gasteiger partial charge on any atom is -0.462 e. The second-order valence-corrected chi connectivity index (χ2v) is 18.1. The van der Waals surface area contributed by atoms with E-state index in [2.05, 4.69) is 57.2 Å². The molecule has 0 amide bonds. The number of esters is 3. The van der Waals surface area contributed by atoms with Crippen LogP contribution >= 0.6 is 0 Å². The van der Waals surface area contributed by atoms with Gasteiger partial charge in [0.15, 0.2) is 6.10 Å². The minimum atomic E-state index is -0.776. The fourth-order valence-electron chi connectivity index (χ4n) is 7.76. The van der Waals surface area contributed by atoms with Crippen LogP contribution in [0.3, 0.4) is 0 Å². The molecule has 0 spiro atoms. The van der Waals surface area contributed by atoms with Crippen LogP contribution in [0.5, 0.6) is 0 Å². The van der Waals surface area contributed by atoms with Crippen molar-refractivity contribution in [1.82, 2.24) is 0 Å². The molecule has 362 valence electrons. The third kappa shape index (κ3) is 48.7. The molecule has 1 atom stereocenters. The van der Waals surface area contributed by atoms with Crippen molar-refractivity contribution >= 4 is 17.9 Å². The van der Waals surface area contributed by atoms with E-state index in [9.17, 15) is 14.4 Å². The van der Waals surface area contributed by atoms with Crippen LogP contribution < -0.4 is 0 Å². The second-order valence-electron chi connectivity index (χ2n) is 18.1. The molecule has 0 N–H and O–H groups in total. The predicted octanol–water partition coefficient (Wildman–Crippen LogP) is 17.7. The maximum atomic E-state index is 12.8. The van der Waals surface area contributed by atoms with Crippen LogP contribution in [0.4, 0.5) is 0 Å². The average molecular weight is 871 g/mol. The number of ether oxygens (including phenoxy) is 3. The number of hydrogen-bond acceptors (Lipinski definition) is 6. The Hall–Kier alpha value is -2.37. The zero-order valence-electron chi connectivity index (χ0n) is 41.4. The highest BCUT2D eigenvalue weighted by atomic mass is 16.6. The van der Waals surface area contributed by atoms with Crippen molar-refractivity contribution in [3.05, 3.63) is 36.5 Å². The Morgan fingerprint density at radius 1 is 0.323 bits per heavy atom. The van der Waals surface area contributed by atoms with Gasteiger partial charge in [-0.2, -0.15) is 0 Å². The third-order valence-corrected chi connectivity index (χ3v) is 11.9. The van der Waals surface area contributed by atoms with Crippen molar-refractivity contribution in [2.24, 2.45) is 0 Å². The molecule has 62 heavy (non-hydrogen) atoms. The molecule has 0 rings (SSSR count). The van der Waals surface area contributed by atoms with Crippen molar-refractivity contribution in [3.8, 4) is 0 Å². The van der Waals surface area contributed by atoms with E-state index in [1.54, 1.807) is 0 Å². The molecule has 0 heterocycles. The van der Waals surface area contributed by atoms with E-state index < -0.39 is 6.10 Å². The van der Waals surface area contributed by atoms with Gasteiger partial charge in [0.1, 0.15) is 13.2 Å². The lowest BCUT2D eigenvalue weighted by atomic mass is 10.0. The zero-order chi connectivity index (χ0) is 45.1. The number of rotatable bonds is 49. The van der Waals surface area contributed by atoms with E-state index in [0.717, 1.165) is 77.0 Å². The fraction of sp³-hybridized carbons (Fsp3) is 0.839. The van der Waals surface area contributed by atoms with Crippen LogP contribution in [0.2, 0.25) is 0 Å². The number of unbranched alkanes of at least 4 members (excludes halogenated alkanes) is 32. The minimum absolute atomic E-state index is 0.0749. The zero-order valence-corrected chi connectivity index (χ0v) is 41.4. The van der Waals surface area contributed by atoms with E-state index in [1.165, 1.54) is 167 Å². The van der Waals surface area contributed by atoms with Crippen molar-refractivity contribution in [1.29, 1.82) is 0 Å². The Balaban J connectivity index is 4.36. The number of hydrogen-bond donors (Lipinski definition) is 0. The molecule has 0 bridgehead atoms. The smallest absolute Gasteiger partial charge is 0.306 e. The normalized spacial score (nSPS) is 12.2. The first-order valence-corrected chi connectivity index (χ1v) is 27.0. The first-order chi connectivity index (χ1) is 30.5. The summed E-state index contributed by atoms with van der Waals surface area (Å²) in [5.74, 6) is -0.879. The molecule has 0 aliphatic carbocycles. The fourth-order valence-corrected chi connectivity index (χ4v) is 7.76. The molecular formula is C56H102O6. The van der Waals surface area contributed by atoms with Gasteiger partial charge in [-0.15, -0.1) is 0 Å². The van der Waals surface area contributed by atoms with Gasteiger partial charge >= 0.3 is 17.9 Å². The summed E-state index contributed by atoms with van der Waals surface area (Å²) in [5.41, 5.74) is 0. The van der Waals surface area contributed by atoms with Crippen LogP contribution in [0.1, 0.15) is 284 Å². The maximum Gasteiger partial charge on any atom is 0.306 e. The van der Waals surface area contributed by atoms with E-state index in [1.807, 2.05) is 0 Å². The van der Waals surface area contributed by atoms with E-state index in [-0.39, 0.29) is 31.1 Å². The lowest BCUT2D eigenvalue weighted by Crippen LogP contribution is -2.30. The lowest BCUT2D eigenvalue weighted by Gasteiger charge is -2.18. The van der Waals surface area contributed by atoms with Crippen LogP contribution in [-0.2, 0) is 28.6 Å². The van der Waals surface area contributed by atoms with Gasteiger partial charge < -0.3 is 14.2 Å². The molecule has 0 saturated heterocycles. The van der Waals surface area contributed by atoms with Crippen molar-refractivity contribution < 1.29 is 28.6 Å². The largest absolute Gasteiger partial charge is 0.462 e. The van der Waals surface area contributed by atoms with E-state index >= 15 is 0 Å². The first-order valence-electron chi connectivity index (χ1n) is 27.0. The summed E-state index contributed by atoms with van der Waals surface area (Å²) >= 11 is 0. The number of carbonyl (C=O) groups is 3. The van der Waals surface area contributed by atoms with Crippen LogP contribution in [-0.4, -0.2) is 37.2 Å². The molecule has 0 saturated carbocycles. The molecule has 0 aromatic rings. The van der Waals surface area contributed by atoms with Crippen LogP contribution in [0, 0.1) is 0 Å². The standard InChI is InChI=1S/C56H102O6/c1-4-7-10-13-16-19-22-25-27-28-29-32-34-37-40-43-46-49-55(58)61-52-53(51-60-54(57)48-45-42-39-36-33-30-24-21-18-15-12-9-6-3)62-56(59)50-47-44-41-38-35-31-26-23-20-17-14-11-8-5-2/h16,19,23,25-27,53H,4-15,17-18,20-22,24,28-52H2,1-3H3/b19-16+,26-23+,27-25+/t53-/m1/s1. The Kier molecular flexibility index (Phi) is 49.3. The molecule has 0 aliphatic rings. The molecule has 0 aromatic carbocycles. The number of allylic oxidation sites excluding steroid dienone is 6. The molecule has 0 aliphatic heterocycles. The van der Waals surface area contributed by atoms with Gasteiger partial charge in [-0.05, 0) is 77.0 Å². The molecule has 0 aromatic heterocycles. The SMILES string of the molecule is CCCCC/C=C/C/C=C/CCCCCCCCCC(=O)OC[C@@H](COC(=O)CCCCCCCCCCCCCCC)OC(=O)CCCCCCC/C=C/CCCCCCC. The van der Waals surface area contributed by atoms with Gasteiger partial charge in [0.05, 0.1) is 0 Å². The molecule has 0 radical (unpaired) electrons. The van der Waals surface area contributed by atoms with Gasteiger partial charge in [-0.3, -0.25) is 14.4 Å². The van der Waals surface area contributed by atoms with E-state index in [4.69, 9.17) is 14.2 Å². The average Bonchev–Trinajstić information content (AvgIpc) is 3.27. The molecule has 6 nitrogen and oxygen atoms in total. The van der Waals surface area contributed by atoms with Crippen LogP contribution in [0.25, 0.3) is 0 Å². The maximum absolute atomic E-state index is 12.8. The molecular weight excluding hydrogens is 769 g/mol. The molecule has 6 heteroatoms. The Morgan fingerprint density at radius 3 is 0.935 bits per heavy atom. The summed E-state index contributed by atoms with van der Waals surface area (Å²) in [4.78, 5) is 38.0. The van der Waals surface area contributed by atoms with Gasteiger partial charge in [0, 0.05) is 19.3 Å². The summed E-state index contributed by atoms with van der Waals surface area (Å²) in [6.07, 6.45) is 59.8. The van der Waals surface area contributed by atoms with Gasteiger partial charge in [-0.1, -0.05) is 224 Å². The second kappa shape index (κ2) is 51.3. The summed E-state index contributed by atoms with van der Waals surface area (Å²) < 4.78 is 16.8. The Bertz CT molecular complexity index is 1050. The van der Waals surface area contributed by atoms with Crippen molar-refractivity contribution in [2.75, 3.05) is 13.2 Å². The summed E-state index contributed by atoms with van der Waals surface area (Å²) in [7, 11) is 0. The quantitative estimate of drug-likeness (QED) is 0.0262. The Morgan fingerprint density at radius 2 is 0.581 bits per heavy atom. The topological polar surface area (TPSA) is 78.9 Å². The van der Waals surface area contributed by atoms with Crippen molar-refractivity contribution in [3.63, 3.8) is 0 Å². The summed E-state index contributed by atoms with van der Waals surface area (Å²) in [6, 6.07) is 0. The van der Waals surface area contributed by atoms with Crippen molar-refractivity contribution in [2.45, 2.75) is 290 Å². The molecule has 0 unspecified atom stereocenters. The monoisotopic (exact) mass is 871 g/mol. The van der Waals surface area contributed by atoms with Gasteiger partial charge in [0.25, 0.3) is 0 Å². The van der Waals surface area contributed by atoms with Gasteiger partial charge in [-0.25, -0.2) is 0 Å². The predicted molar refractivity (Wildman–Crippen MR) is 266 cm³/mol. The number of carbonyl (C=O) groups excluding carboxylic acids is 3. The van der Waals surface area contributed by atoms with E-state index in [0.29, 0.717) is 19.3 Å². The molecule has 0 fully saturated rings. The highest BCUT2D eigenvalue weighted by molar-refractivity contribution is 5.71. The van der Waals surface area contributed by atoms with Crippen LogP contribution in [0.15, 0.2) is 36.5 Å². The summed E-state index contributed by atoms with van der Waals surface area (Å²) in [6.45, 7) is 6.61. The summed E-state index contributed by atoms with van der Waals surface area (Å²) in [5, 5.41) is 0. The first kappa shape index (κ1) is 59.6.